The van der Waals surface area contributed by atoms with Crippen molar-refractivity contribution >= 4 is 23.4 Å². The molecule has 9 heteroatoms. The van der Waals surface area contributed by atoms with E-state index in [1.54, 1.807) is 17.4 Å². The van der Waals surface area contributed by atoms with Crippen LogP contribution in [-0.4, -0.2) is 45.1 Å². The van der Waals surface area contributed by atoms with Crippen molar-refractivity contribution in [2.45, 2.75) is 38.1 Å². The van der Waals surface area contributed by atoms with Crippen LogP contribution in [0.5, 0.6) is 0 Å². The number of nitrogen functional groups attached to an aromatic ring is 1. The second-order valence-electron chi connectivity index (χ2n) is 9.85. The summed E-state index contributed by atoms with van der Waals surface area (Å²) in [7, 11) is 1.95. The summed E-state index contributed by atoms with van der Waals surface area (Å²) >= 11 is 0. The molecule has 3 aliphatic rings. The minimum atomic E-state index is -0.247. The van der Waals surface area contributed by atoms with Crippen LogP contribution >= 0.6 is 0 Å². The highest BCUT2D eigenvalue weighted by Crippen LogP contribution is 2.50. The van der Waals surface area contributed by atoms with E-state index in [4.69, 9.17) is 11.5 Å². The maximum absolute atomic E-state index is 13.3. The monoisotopic (exact) mass is 458 g/mol. The number of hydrogen-bond donors (Lipinski definition) is 2. The Morgan fingerprint density at radius 1 is 1.15 bits per heavy atom. The van der Waals surface area contributed by atoms with Gasteiger partial charge in [0.1, 0.15) is 5.82 Å². The third kappa shape index (κ3) is 3.18. The number of carbonyl (C=O) groups is 1. The summed E-state index contributed by atoms with van der Waals surface area (Å²) in [5.41, 5.74) is 17.0. The number of nitrogens with two attached hydrogens (primary N) is 2. The van der Waals surface area contributed by atoms with Crippen LogP contribution in [0.2, 0.25) is 0 Å². The second-order valence-corrected chi connectivity index (χ2v) is 9.85. The summed E-state index contributed by atoms with van der Waals surface area (Å²) in [6, 6.07) is 8.61. The van der Waals surface area contributed by atoms with Crippen molar-refractivity contribution in [3.05, 3.63) is 59.3 Å². The number of rotatable bonds is 2. The first-order chi connectivity index (χ1) is 16.5. The quantitative estimate of drug-likeness (QED) is 0.604. The zero-order chi connectivity index (χ0) is 23.4. The molecule has 6 rings (SSSR count). The second kappa shape index (κ2) is 7.80. The fourth-order valence-corrected chi connectivity index (χ4v) is 5.99. The molecule has 3 aromatic rings. The molecule has 1 aliphatic carbocycles. The SMILES string of the molecule is Cn1cnc2c1CCCN2C(=O)c1ncc(N2CCC3(CC2)Cc2ccccc2[C@H]3N)nc1N. The van der Waals surface area contributed by atoms with Gasteiger partial charge in [-0.05, 0) is 48.6 Å². The van der Waals surface area contributed by atoms with Crippen LogP contribution in [0, 0.1) is 5.41 Å². The summed E-state index contributed by atoms with van der Waals surface area (Å²) in [6.07, 6.45) is 8.21. The third-order valence-corrected chi connectivity index (χ3v) is 8.00. The number of nitrogens with zero attached hydrogens (tertiary/aromatic N) is 6. The van der Waals surface area contributed by atoms with E-state index in [-0.39, 0.29) is 28.9 Å². The lowest BCUT2D eigenvalue weighted by Gasteiger charge is -2.42. The molecule has 4 heterocycles. The van der Waals surface area contributed by atoms with Crippen molar-refractivity contribution in [1.29, 1.82) is 0 Å². The number of hydrogen-bond acceptors (Lipinski definition) is 7. The predicted molar refractivity (Wildman–Crippen MR) is 131 cm³/mol. The van der Waals surface area contributed by atoms with Crippen molar-refractivity contribution in [2.24, 2.45) is 18.2 Å². The molecule has 2 aliphatic heterocycles. The average molecular weight is 459 g/mol. The fraction of sp³-hybridized carbons (Fsp3) is 0.440. The zero-order valence-corrected chi connectivity index (χ0v) is 19.4. The highest BCUT2D eigenvalue weighted by Gasteiger charge is 2.46. The lowest BCUT2D eigenvalue weighted by Crippen LogP contribution is -2.44. The summed E-state index contributed by atoms with van der Waals surface area (Å²) in [5, 5.41) is 0. The normalized spacial score (nSPS) is 20.9. The molecule has 1 amide bonds. The minimum absolute atomic E-state index is 0.0723. The molecule has 34 heavy (non-hydrogen) atoms. The van der Waals surface area contributed by atoms with Gasteiger partial charge in [-0.25, -0.2) is 15.0 Å². The highest BCUT2D eigenvalue weighted by molar-refractivity contribution is 6.07. The van der Waals surface area contributed by atoms with E-state index in [0.29, 0.717) is 18.2 Å². The highest BCUT2D eigenvalue weighted by atomic mass is 16.2. The van der Waals surface area contributed by atoms with Crippen LogP contribution < -0.4 is 21.3 Å². The van der Waals surface area contributed by atoms with Crippen molar-refractivity contribution < 1.29 is 4.79 Å². The first kappa shape index (κ1) is 21.1. The Hall–Kier alpha value is -3.46. The number of aryl methyl sites for hydroxylation is 1. The molecule has 2 aromatic heterocycles. The molecule has 1 saturated heterocycles. The van der Waals surface area contributed by atoms with Gasteiger partial charge in [-0.3, -0.25) is 9.69 Å². The number of benzene rings is 1. The predicted octanol–water partition coefficient (Wildman–Crippen LogP) is 2.23. The van der Waals surface area contributed by atoms with Gasteiger partial charge < -0.3 is 20.9 Å². The molecule has 0 unspecified atom stereocenters. The number of imidazole rings is 1. The molecule has 0 saturated carbocycles. The average Bonchev–Trinajstić information content (AvgIpc) is 3.37. The van der Waals surface area contributed by atoms with E-state index in [0.717, 1.165) is 50.9 Å². The first-order valence-corrected chi connectivity index (χ1v) is 12.0. The van der Waals surface area contributed by atoms with Crippen LogP contribution in [-0.2, 0) is 19.9 Å². The van der Waals surface area contributed by atoms with Crippen LogP contribution in [0.25, 0.3) is 0 Å². The molecular formula is C25H30N8O. The smallest absolute Gasteiger partial charge is 0.281 e. The van der Waals surface area contributed by atoms with Gasteiger partial charge in [-0.2, -0.15) is 0 Å². The van der Waals surface area contributed by atoms with Gasteiger partial charge >= 0.3 is 0 Å². The lowest BCUT2D eigenvalue weighted by molar-refractivity contribution is 0.0980. The maximum atomic E-state index is 13.3. The van der Waals surface area contributed by atoms with Crippen molar-refractivity contribution in [3.8, 4) is 0 Å². The van der Waals surface area contributed by atoms with E-state index in [1.807, 2.05) is 11.6 Å². The Kier molecular flexibility index (Phi) is 4.84. The molecular weight excluding hydrogens is 428 g/mol. The van der Waals surface area contributed by atoms with E-state index in [9.17, 15) is 4.79 Å². The number of amides is 1. The Balaban J connectivity index is 1.18. The third-order valence-electron chi connectivity index (χ3n) is 8.00. The number of piperidine rings is 1. The molecule has 176 valence electrons. The van der Waals surface area contributed by atoms with Crippen LogP contribution in [0.1, 0.15) is 52.6 Å². The number of fused-ring (bicyclic) bond motifs is 2. The van der Waals surface area contributed by atoms with Crippen LogP contribution in [0.15, 0.2) is 36.8 Å². The molecule has 1 atom stereocenters. The maximum Gasteiger partial charge on any atom is 0.281 e. The Labute approximate surface area is 198 Å². The van der Waals surface area contributed by atoms with E-state index < -0.39 is 0 Å². The summed E-state index contributed by atoms with van der Waals surface area (Å²) < 4.78 is 1.96. The summed E-state index contributed by atoms with van der Waals surface area (Å²) in [6.45, 7) is 2.28. The van der Waals surface area contributed by atoms with Gasteiger partial charge in [-0.15, -0.1) is 0 Å². The number of anilines is 3. The topological polar surface area (TPSA) is 119 Å². The molecule has 1 spiro atoms. The molecule has 1 fully saturated rings. The van der Waals surface area contributed by atoms with Gasteiger partial charge in [0.15, 0.2) is 17.3 Å². The minimum Gasteiger partial charge on any atom is -0.382 e. The summed E-state index contributed by atoms with van der Waals surface area (Å²) in [5.74, 6) is 1.32. The van der Waals surface area contributed by atoms with Gasteiger partial charge in [0.05, 0.1) is 18.2 Å². The van der Waals surface area contributed by atoms with Crippen molar-refractivity contribution in [3.63, 3.8) is 0 Å². The lowest BCUT2D eigenvalue weighted by atomic mass is 9.73. The molecule has 1 aromatic carbocycles. The molecule has 0 radical (unpaired) electrons. The molecule has 4 N–H and O–H groups in total. The van der Waals surface area contributed by atoms with Crippen molar-refractivity contribution in [2.75, 3.05) is 35.2 Å². The van der Waals surface area contributed by atoms with E-state index >= 15 is 0 Å². The van der Waals surface area contributed by atoms with E-state index in [2.05, 4.69) is 44.1 Å². The zero-order valence-electron chi connectivity index (χ0n) is 19.4. The van der Waals surface area contributed by atoms with Gasteiger partial charge in [-0.1, -0.05) is 24.3 Å². The molecule has 0 bridgehead atoms. The standard InChI is InChI=1S/C25H30N8O/c1-31-15-29-23-18(31)7-4-10-33(23)24(34)20-22(27)30-19(14-28-20)32-11-8-25(9-12-32)13-16-5-2-3-6-17(16)21(25)26/h2-3,5-6,14-15,21H,4,7-13,26H2,1H3,(H2,27,30)/t21-/m1/s1. The Morgan fingerprint density at radius 2 is 1.94 bits per heavy atom. The number of carbonyl (C=O) groups excluding carboxylic acids is 1. The largest absolute Gasteiger partial charge is 0.382 e. The van der Waals surface area contributed by atoms with E-state index in [1.165, 1.54) is 11.1 Å². The van der Waals surface area contributed by atoms with Gasteiger partial charge in [0, 0.05) is 32.7 Å². The number of aromatic nitrogens is 4. The van der Waals surface area contributed by atoms with Crippen molar-refractivity contribution in [1.82, 2.24) is 19.5 Å². The van der Waals surface area contributed by atoms with Gasteiger partial charge in [0.2, 0.25) is 0 Å². The van der Waals surface area contributed by atoms with Crippen LogP contribution in [0.4, 0.5) is 17.5 Å². The van der Waals surface area contributed by atoms with Crippen LogP contribution in [0.3, 0.4) is 0 Å². The first-order valence-electron chi connectivity index (χ1n) is 12.0. The molecule has 9 nitrogen and oxygen atoms in total. The van der Waals surface area contributed by atoms with Gasteiger partial charge in [0.25, 0.3) is 5.91 Å². The fourth-order valence-electron chi connectivity index (χ4n) is 5.99. The Morgan fingerprint density at radius 3 is 2.71 bits per heavy atom. The summed E-state index contributed by atoms with van der Waals surface area (Å²) in [4.78, 5) is 30.6. The Bertz CT molecular complexity index is 1260.